The van der Waals surface area contributed by atoms with Crippen LogP contribution in [-0.2, 0) is 9.59 Å². The molecule has 0 saturated carbocycles. The van der Waals surface area contributed by atoms with Crippen LogP contribution < -0.4 is 9.47 Å². The molecule has 1 heterocycles. The minimum Gasteiger partial charge on any atom is -0.497 e. The van der Waals surface area contributed by atoms with Crippen LogP contribution in [0, 0.1) is 20.8 Å². The zero-order chi connectivity index (χ0) is 21.8. The van der Waals surface area contributed by atoms with Crippen molar-refractivity contribution < 1.29 is 24.2 Å². The van der Waals surface area contributed by atoms with Crippen LogP contribution >= 0.6 is 0 Å². The van der Waals surface area contributed by atoms with Gasteiger partial charge in [-0.25, -0.2) is 0 Å². The molecule has 0 radical (unpaired) electrons. The Morgan fingerprint density at radius 1 is 1.00 bits per heavy atom. The van der Waals surface area contributed by atoms with E-state index in [1.807, 2.05) is 44.2 Å². The number of nitrogens with one attached hydrogen (secondary N) is 1. The zero-order valence-corrected chi connectivity index (χ0v) is 17.8. The minimum absolute atomic E-state index is 0.0652. The van der Waals surface area contributed by atoms with Gasteiger partial charge in [0.1, 0.15) is 11.5 Å². The molecule has 0 aliphatic rings. The Kier molecular flexibility index (Phi) is 6.45. The summed E-state index contributed by atoms with van der Waals surface area (Å²) in [4.78, 5) is 26.2. The Morgan fingerprint density at radius 2 is 1.67 bits per heavy atom. The number of aromatic nitrogens is 1. The fourth-order valence-electron chi connectivity index (χ4n) is 3.69. The number of rotatable bonds is 8. The number of unbranched alkanes of at least 4 members (excludes halogenated alkanes) is 1. The van der Waals surface area contributed by atoms with Gasteiger partial charge in [0.05, 0.1) is 7.11 Å². The molecule has 158 valence electrons. The van der Waals surface area contributed by atoms with Crippen LogP contribution in [0.4, 0.5) is 0 Å². The molecule has 3 rings (SSSR count). The number of fused-ring (bicyclic) bond motifs is 1. The first kappa shape index (κ1) is 21.4. The maximum atomic E-state index is 12.2. The Bertz CT molecular complexity index is 1070. The topological polar surface area (TPSA) is 88.6 Å². The lowest BCUT2D eigenvalue weighted by molar-refractivity contribution is -0.138. The van der Waals surface area contributed by atoms with Crippen molar-refractivity contribution in [3.63, 3.8) is 0 Å². The fraction of sp³-hybridized carbons (Fsp3) is 0.333. The number of aromatic amines is 1. The van der Waals surface area contributed by atoms with E-state index in [1.54, 1.807) is 7.11 Å². The van der Waals surface area contributed by atoms with Crippen molar-refractivity contribution in [1.82, 2.24) is 4.98 Å². The molecule has 0 aliphatic carbocycles. The first-order chi connectivity index (χ1) is 14.3. The molecule has 0 unspecified atom stereocenters. The van der Waals surface area contributed by atoms with Crippen molar-refractivity contribution in [3.8, 4) is 22.8 Å². The summed E-state index contributed by atoms with van der Waals surface area (Å²) in [5.41, 5.74) is 5.97. The third kappa shape index (κ3) is 4.64. The van der Waals surface area contributed by atoms with Crippen LogP contribution in [0.1, 0.15) is 42.4 Å². The van der Waals surface area contributed by atoms with Gasteiger partial charge in [0.2, 0.25) is 0 Å². The summed E-state index contributed by atoms with van der Waals surface area (Å²) in [6.07, 6.45) is 1.23. The molecule has 0 amide bonds. The van der Waals surface area contributed by atoms with Crippen LogP contribution in [0.15, 0.2) is 30.3 Å². The highest BCUT2D eigenvalue weighted by Crippen LogP contribution is 2.35. The van der Waals surface area contributed by atoms with Crippen LogP contribution in [-0.4, -0.2) is 29.1 Å². The maximum absolute atomic E-state index is 12.2. The highest BCUT2D eigenvalue weighted by Gasteiger charge is 2.16. The number of carbonyl (C=O) groups is 2. The molecule has 3 aromatic rings. The summed E-state index contributed by atoms with van der Waals surface area (Å²) in [6, 6.07) is 9.97. The SMILES string of the molecule is COc1ccc2[nH]c(-c3cc(C)c(OC(=O)CCCCC(=O)O)c(C)c3)c(C)c2c1. The van der Waals surface area contributed by atoms with E-state index in [9.17, 15) is 9.59 Å². The van der Waals surface area contributed by atoms with E-state index in [0.29, 0.717) is 18.6 Å². The lowest BCUT2D eigenvalue weighted by atomic mass is 10.0. The largest absolute Gasteiger partial charge is 0.497 e. The van der Waals surface area contributed by atoms with Gasteiger partial charge in [0, 0.05) is 29.4 Å². The normalized spacial score (nSPS) is 10.9. The Labute approximate surface area is 175 Å². The van der Waals surface area contributed by atoms with E-state index >= 15 is 0 Å². The number of ether oxygens (including phenoxy) is 2. The predicted octanol–water partition coefficient (Wildman–Crippen LogP) is 5.32. The molecule has 2 aromatic carbocycles. The Hall–Kier alpha value is -3.28. The van der Waals surface area contributed by atoms with Gasteiger partial charge in [0.25, 0.3) is 0 Å². The van der Waals surface area contributed by atoms with Crippen LogP contribution in [0.5, 0.6) is 11.5 Å². The number of aliphatic carboxylic acids is 1. The van der Waals surface area contributed by atoms with Gasteiger partial charge in [-0.2, -0.15) is 0 Å². The molecular formula is C24H27NO5. The second-order valence-corrected chi connectivity index (χ2v) is 7.55. The van der Waals surface area contributed by atoms with Gasteiger partial charge in [-0.1, -0.05) is 0 Å². The number of carboxylic acid groups (broad SMARTS) is 1. The van der Waals surface area contributed by atoms with Gasteiger partial charge < -0.3 is 19.6 Å². The van der Waals surface area contributed by atoms with Crippen molar-refractivity contribution in [2.45, 2.75) is 46.5 Å². The fourth-order valence-corrected chi connectivity index (χ4v) is 3.69. The summed E-state index contributed by atoms with van der Waals surface area (Å²) in [6.45, 7) is 5.92. The number of hydrogen-bond donors (Lipinski definition) is 2. The molecule has 0 atom stereocenters. The second kappa shape index (κ2) is 9.03. The standard InChI is InChI=1S/C24H27NO5/c1-14-11-17(23-16(3)19-13-18(29-4)9-10-20(19)25-23)12-15(2)24(14)30-22(28)8-6-5-7-21(26)27/h9-13,25H,5-8H2,1-4H3,(H,26,27). The van der Waals surface area contributed by atoms with Crippen molar-refractivity contribution in [3.05, 3.63) is 47.0 Å². The predicted molar refractivity (Wildman–Crippen MR) is 116 cm³/mol. The summed E-state index contributed by atoms with van der Waals surface area (Å²) in [7, 11) is 1.66. The number of hydrogen-bond acceptors (Lipinski definition) is 4. The number of H-pyrrole nitrogens is 1. The molecular weight excluding hydrogens is 382 g/mol. The number of carboxylic acids is 1. The zero-order valence-electron chi connectivity index (χ0n) is 17.8. The number of methoxy groups -OCH3 is 1. The maximum Gasteiger partial charge on any atom is 0.311 e. The number of aryl methyl sites for hydroxylation is 3. The molecule has 0 saturated heterocycles. The average Bonchev–Trinajstić information content (AvgIpc) is 3.03. The quantitative estimate of drug-likeness (QED) is 0.299. The summed E-state index contributed by atoms with van der Waals surface area (Å²) < 4.78 is 10.9. The van der Waals surface area contributed by atoms with E-state index in [-0.39, 0.29) is 18.8 Å². The Balaban J connectivity index is 1.81. The van der Waals surface area contributed by atoms with E-state index in [2.05, 4.69) is 11.9 Å². The van der Waals surface area contributed by atoms with Gasteiger partial charge in [-0.05, 0) is 86.2 Å². The lowest BCUT2D eigenvalue weighted by Gasteiger charge is -2.13. The summed E-state index contributed by atoms with van der Waals surface area (Å²) >= 11 is 0. The molecule has 1 aromatic heterocycles. The van der Waals surface area contributed by atoms with Crippen LogP contribution in [0.3, 0.4) is 0 Å². The molecule has 6 heteroatoms. The first-order valence-corrected chi connectivity index (χ1v) is 10.0. The highest BCUT2D eigenvalue weighted by atomic mass is 16.5. The van der Waals surface area contributed by atoms with Crippen LogP contribution in [0.2, 0.25) is 0 Å². The van der Waals surface area contributed by atoms with Crippen molar-refractivity contribution in [1.29, 1.82) is 0 Å². The summed E-state index contributed by atoms with van der Waals surface area (Å²) in [5, 5.41) is 9.78. The Morgan fingerprint density at radius 3 is 2.30 bits per heavy atom. The third-order valence-corrected chi connectivity index (χ3v) is 5.25. The van der Waals surface area contributed by atoms with Gasteiger partial charge in [0.15, 0.2) is 0 Å². The smallest absolute Gasteiger partial charge is 0.311 e. The highest BCUT2D eigenvalue weighted by molar-refractivity contribution is 5.91. The minimum atomic E-state index is -0.851. The van der Waals surface area contributed by atoms with Gasteiger partial charge >= 0.3 is 11.9 Å². The first-order valence-electron chi connectivity index (χ1n) is 10.0. The van der Waals surface area contributed by atoms with E-state index in [0.717, 1.165) is 44.6 Å². The van der Waals surface area contributed by atoms with E-state index < -0.39 is 5.97 Å². The average molecular weight is 409 g/mol. The summed E-state index contributed by atoms with van der Waals surface area (Å²) in [5.74, 6) is 0.191. The molecule has 6 nitrogen and oxygen atoms in total. The molecule has 0 spiro atoms. The number of benzene rings is 2. The molecule has 2 N–H and O–H groups in total. The number of carbonyl (C=O) groups excluding carboxylic acids is 1. The molecule has 0 bridgehead atoms. The van der Waals surface area contributed by atoms with Gasteiger partial charge in [-0.3, -0.25) is 9.59 Å². The molecule has 0 fully saturated rings. The van der Waals surface area contributed by atoms with Crippen molar-refractivity contribution in [2.24, 2.45) is 0 Å². The van der Waals surface area contributed by atoms with Gasteiger partial charge in [-0.15, -0.1) is 0 Å². The third-order valence-electron chi connectivity index (χ3n) is 5.25. The van der Waals surface area contributed by atoms with Crippen molar-refractivity contribution in [2.75, 3.05) is 7.11 Å². The molecule has 30 heavy (non-hydrogen) atoms. The second-order valence-electron chi connectivity index (χ2n) is 7.55. The number of esters is 1. The lowest BCUT2D eigenvalue weighted by Crippen LogP contribution is -2.10. The van der Waals surface area contributed by atoms with Crippen molar-refractivity contribution >= 4 is 22.8 Å². The van der Waals surface area contributed by atoms with E-state index in [4.69, 9.17) is 14.6 Å². The van der Waals surface area contributed by atoms with Crippen LogP contribution in [0.25, 0.3) is 22.2 Å². The van der Waals surface area contributed by atoms with E-state index in [1.165, 1.54) is 0 Å². The monoisotopic (exact) mass is 409 g/mol. The molecule has 0 aliphatic heterocycles.